The second-order valence-corrected chi connectivity index (χ2v) is 6.77. The van der Waals surface area contributed by atoms with Crippen molar-refractivity contribution in [2.75, 3.05) is 6.54 Å². The summed E-state index contributed by atoms with van der Waals surface area (Å²) in [6.45, 7) is 6.74. The van der Waals surface area contributed by atoms with E-state index >= 15 is 0 Å². The molecule has 0 N–H and O–H groups in total. The highest BCUT2D eigenvalue weighted by molar-refractivity contribution is 5.95. The van der Waals surface area contributed by atoms with E-state index in [4.69, 9.17) is 0 Å². The largest absolute Gasteiger partial charge is 0.335 e. The van der Waals surface area contributed by atoms with Crippen molar-refractivity contribution in [1.82, 2.24) is 14.9 Å². The molecule has 0 saturated carbocycles. The van der Waals surface area contributed by atoms with Crippen molar-refractivity contribution in [3.63, 3.8) is 0 Å². The van der Waals surface area contributed by atoms with Gasteiger partial charge in [0.1, 0.15) is 12.1 Å². The Morgan fingerprint density at radius 1 is 1.29 bits per heavy atom. The molecule has 1 aliphatic rings. The van der Waals surface area contributed by atoms with Gasteiger partial charge in [0.15, 0.2) is 0 Å². The molecule has 1 amide bonds. The molecule has 0 spiro atoms. The van der Waals surface area contributed by atoms with Crippen LogP contribution in [-0.4, -0.2) is 33.4 Å². The highest BCUT2D eigenvalue weighted by atomic mass is 19.1. The first kappa shape index (κ1) is 16.6. The molecule has 5 heteroatoms. The predicted molar refractivity (Wildman–Crippen MR) is 90.4 cm³/mol. The second-order valence-electron chi connectivity index (χ2n) is 6.77. The summed E-state index contributed by atoms with van der Waals surface area (Å²) in [7, 11) is 0. The monoisotopic (exact) mass is 327 g/mol. The van der Waals surface area contributed by atoms with Gasteiger partial charge in [-0.25, -0.2) is 14.4 Å². The van der Waals surface area contributed by atoms with Crippen LogP contribution in [-0.2, 0) is 0 Å². The van der Waals surface area contributed by atoms with Crippen LogP contribution in [0.15, 0.2) is 36.8 Å². The number of benzene rings is 1. The number of hydrogen-bond donors (Lipinski definition) is 0. The summed E-state index contributed by atoms with van der Waals surface area (Å²) in [5.74, 6) is 0.145. The van der Waals surface area contributed by atoms with E-state index in [1.165, 1.54) is 18.5 Å². The second kappa shape index (κ2) is 6.67. The molecule has 0 bridgehead atoms. The van der Waals surface area contributed by atoms with Crippen molar-refractivity contribution < 1.29 is 9.18 Å². The summed E-state index contributed by atoms with van der Waals surface area (Å²) in [6, 6.07) is 6.71. The molecule has 2 heterocycles. The van der Waals surface area contributed by atoms with Gasteiger partial charge in [0.25, 0.3) is 5.91 Å². The lowest BCUT2D eigenvalue weighted by Gasteiger charge is -2.23. The number of carbonyl (C=O) groups is 1. The van der Waals surface area contributed by atoms with Crippen molar-refractivity contribution in [3.8, 4) is 0 Å². The lowest BCUT2D eigenvalue weighted by molar-refractivity contribution is 0.0743. The third-order valence-corrected chi connectivity index (χ3v) is 4.70. The Hall–Kier alpha value is -2.30. The van der Waals surface area contributed by atoms with Gasteiger partial charge in [-0.05, 0) is 37.0 Å². The molecule has 1 fully saturated rings. The molecule has 0 aliphatic carbocycles. The van der Waals surface area contributed by atoms with Gasteiger partial charge in [-0.15, -0.1) is 0 Å². The summed E-state index contributed by atoms with van der Waals surface area (Å²) < 4.78 is 13.1. The Kier molecular flexibility index (Phi) is 4.60. The van der Waals surface area contributed by atoms with Crippen molar-refractivity contribution in [3.05, 3.63) is 59.4 Å². The van der Waals surface area contributed by atoms with Crippen LogP contribution < -0.4 is 0 Å². The standard InChI is InChI=1S/C19H22FN3O/c1-12(2)18-17(9-21-11-22-18)19(24)23-10-15(8-13(23)3)14-4-6-16(20)7-5-14/h4-7,9,11-13,15H,8,10H2,1-3H3/t13-,15+/m1/s1. The van der Waals surface area contributed by atoms with Gasteiger partial charge < -0.3 is 4.90 Å². The van der Waals surface area contributed by atoms with Crippen LogP contribution in [0, 0.1) is 5.82 Å². The van der Waals surface area contributed by atoms with Crippen LogP contribution in [0.1, 0.15) is 60.6 Å². The van der Waals surface area contributed by atoms with E-state index < -0.39 is 0 Å². The van der Waals surface area contributed by atoms with Gasteiger partial charge in [-0.2, -0.15) is 0 Å². The fraction of sp³-hybridized carbons (Fsp3) is 0.421. The zero-order valence-corrected chi connectivity index (χ0v) is 14.2. The Balaban J connectivity index is 1.83. The van der Waals surface area contributed by atoms with Crippen LogP contribution in [0.25, 0.3) is 0 Å². The Morgan fingerprint density at radius 3 is 2.67 bits per heavy atom. The lowest BCUT2D eigenvalue weighted by Crippen LogP contribution is -2.35. The maximum Gasteiger partial charge on any atom is 0.257 e. The van der Waals surface area contributed by atoms with Gasteiger partial charge in [0, 0.05) is 24.7 Å². The van der Waals surface area contributed by atoms with E-state index in [1.807, 2.05) is 30.9 Å². The van der Waals surface area contributed by atoms with Crippen molar-refractivity contribution in [2.45, 2.75) is 45.1 Å². The van der Waals surface area contributed by atoms with Crippen molar-refractivity contribution in [2.24, 2.45) is 0 Å². The fourth-order valence-corrected chi connectivity index (χ4v) is 3.41. The first-order valence-corrected chi connectivity index (χ1v) is 8.33. The molecular formula is C19H22FN3O. The molecule has 126 valence electrons. The van der Waals surface area contributed by atoms with E-state index in [0.29, 0.717) is 12.1 Å². The molecule has 2 aromatic rings. The zero-order chi connectivity index (χ0) is 17.3. The Bertz CT molecular complexity index is 730. The first-order valence-electron chi connectivity index (χ1n) is 8.33. The molecule has 24 heavy (non-hydrogen) atoms. The molecule has 1 aliphatic heterocycles. The van der Waals surface area contributed by atoms with Crippen molar-refractivity contribution >= 4 is 5.91 Å². The molecule has 1 aromatic carbocycles. The number of hydrogen-bond acceptors (Lipinski definition) is 3. The fourth-order valence-electron chi connectivity index (χ4n) is 3.41. The highest BCUT2D eigenvalue weighted by Crippen LogP contribution is 2.33. The number of carbonyl (C=O) groups excluding carboxylic acids is 1. The molecular weight excluding hydrogens is 305 g/mol. The number of likely N-dealkylation sites (tertiary alicyclic amines) is 1. The maximum atomic E-state index is 13.1. The number of amides is 1. The van der Waals surface area contributed by atoms with Crippen LogP contribution in [0.3, 0.4) is 0 Å². The zero-order valence-electron chi connectivity index (χ0n) is 14.2. The molecule has 4 nitrogen and oxygen atoms in total. The first-order chi connectivity index (χ1) is 11.5. The highest BCUT2D eigenvalue weighted by Gasteiger charge is 2.34. The van der Waals surface area contributed by atoms with Crippen molar-refractivity contribution in [1.29, 1.82) is 0 Å². The van der Waals surface area contributed by atoms with Crippen LogP contribution >= 0.6 is 0 Å². The SMILES string of the molecule is CC(C)c1ncncc1C(=O)N1C[C@@H](c2ccc(F)cc2)C[C@H]1C. The average Bonchev–Trinajstić information content (AvgIpc) is 2.96. The smallest absolute Gasteiger partial charge is 0.257 e. The summed E-state index contributed by atoms with van der Waals surface area (Å²) >= 11 is 0. The third-order valence-electron chi connectivity index (χ3n) is 4.70. The molecule has 2 atom stereocenters. The van der Waals surface area contributed by atoms with Crippen LogP contribution in [0.4, 0.5) is 4.39 Å². The quantitative estimate of drug-likeness (QED) is 0.862. The molecule has 3 rings (SSSR count). The predicted octanol–water partition coefficient (Wildman–Crippen LogP) is 3.76. The summed E-state index contributed by atoms with van der Waals surface area (Å²) in [6.07, 6.45) is 3.98. The topological polar surface area (TPSA) is 46.1 Å². The van der Waals surface area contributed by atoms with E-state index in [0.717, 1.165) is 17.7 Å². The van der Waals surface area contributed by atoms with E-state index in [9.17, 15) is 9.18 Å². The van der Waals surface area contributed by atoms with Gasteiger partial charge >= 0.3 is 0 Å². The summed E-state index contributed by atoms with van der Waals surface area (Å²) in [4.78, 5) is 23.2. The summed E-state index contributed by atoms with van der Waals surface area (Å²) in [5, 5.41) is 0. The average molecular weight is 327 g/mol. The number of aromatic nitrogens is 2. The van der Waals surface area contributed by atoms with Gasteiger partial charge in [-0.1, -0.05) is 26.0 Å². The van der Waals surface area contributed by atoms with E-state index in [2.05, 4.69) is 16.9 Å². The number of rotatable bonds is 3. The molecule has 1 saturated heterocycles. The van der Waals surface area contributed by atoms with Gasteiger partial charge in [0.05, 0.1) is 11.3 Å². The molecule has 0 unspecified atom stereocenters. The normalized spacial score (nSPS) is 20.6. The minimum absolute atomic E-state index is 0.0172. The maximum absolute atomic E-state index is 13.1. The Labute approximate surface area is 141 Å². The van der Waals surface area contributed by atoms with E-state index in [1.54, 1.807) is 6.20 Å². The van der Waals surface area contributed by atoms with E-state index in [-0.39, 0.29) is 29.6 Å². The minimum Gasteiger partial charge on any atom is -0.335 e. The molecule has 0 radical (unpaired) electrons. The lowest BCUT2D eigenvalue weighted by atomic mass is 9.97. The number of halogens is 1. The molecule has 1 aromatic heterocycles. The van der Waals surface area contributed by atoms with Crippen LogP contribution in [0.2, 0.25) is 0 Å². The third kappa shape index (κ3) is 3.16. The summed E-state index contributed by atoms with van der Waals surface area (Å²) in [5.41, 5.74) is 2.44. The Morgan fingerprint density at radius 2 is 2.00 bits per heavy atom. The van der Waals surface area contributed by atoms with Gasteiger partial charge in [-0.3, -0.25) is 4.79 Å². The van der Waals surface area contributed by atoms with Crippen LogP contribution in [0.5, 0.6) is 0 Å². The number of nitrogens with zero attached hydrogens (tertiary/aromatic N) is 3. The minimum atomic E-state index is -0.235. The van der Waals surface area contributed by atoms with Gasteiger partial charge in [0.2, 0.25) is 0 Å².